The van der Waals surface area contributed by atoms with Crippen molar-refractivity contribution in [1.29, 1.82) is 0 Å². The Balaban J connectivity index is 0.000000204. The van der Waals surface area contributed by atoms with Crippen LogP contribution < -0.4 is 0 Å². The molecule has 5 heterocycles. The van der Waals surface area contributed by atoms with Crippen LogP contribution in [0.3, 0.4) is 0 Å². The minimum absolute atomic E-state index is 0.727. The van der Waals surface area contributed by atoms with E-state index in [1.807, 2.05) is 66.8 Å². The molecular formula is C28H21BrN4O. The molecule has 0 aliphatic carbocycles. The Morgan fingerprint density at radius 1 is 0.618 bits per heavy atom. The van der Waals surface area contributed by atoms with Crippen LogP contribution in [-0.2, 0) is 5.33 Å². The summed E-state index contributed by atoms with van der Waals surface area (Å²) in [5.41, 5.74) is 9.77. The lowest BCUT2D eigenvalue weighted by atomic mass is 10.2. The third kappa shape index (κ3) is 5.30. The van der Waals surface area contributed by atoms with Gasteiger partial charge in [0.25, 0.3) is 0 Å². The molecule has 6 heteroatoms. The minimum atomic E-state index is 0.727. The van der Waals surface area contributed by atoms with Gasteiger partial charge in [-0.2, -0.15) is 0 Å². The van der Waals surface area contributed by atoms with Gasteiger partial charge in [-0.15, -0.1) is 0 Å². The van der Waals surface area contributed by atoms with E-state index in [4.69, 9.17) is 0 Å². The molecular weight excluding hydrogens is 488 g/mol. The first kappa shape index (κ1) is 21.8. The molecule has 8 bridgehead atoms. The van der Waals surface area contributed by atoms with E-state index < -0.39 is 0 Å². The maximum Gasteiger partial charge on any atom is 0.150 e. The molecule has 2 aliphatic heterocycles. The number of benzene rings is 1. The average molecular weight is 509 g/mol. The number of aldehydes is 1. The van der Waals surface area contributed by atoms with Gasteiger partial charge in [-0.1, -0.05) is 40.2 Å². The summed E-state index contributed by atoms with van der Waals surface area (Å²) in [7, 11) is 0. The van der Waals surface area contributed by atoms with Gasteiger partial charge in [-0.25, -0.2) is 9.97 Å². The van der Waals surface area contributed by atoms with Crippen LogP contribution in [-0.4, -0.2) is 26.2 Å². The van der Waals surface area contributed by atoms with Crippen molar-refractivity contribution in [3.8, 4) is 0 Å². The van der Waals surface area contributed by atoms with Gasteiger partial charge in [0.05, 0.1) is 22.8 Å². The number of nitrogens with zero attached hydrogens (tertiary/aromatic N) is 2. The second-order valence-electron chi connectivity index (χ2n) is 7.90. The molecule has 3 aromatic heterocycles. The van der Waals surface area contributed by atoms with Gasteiger partial charge in [-0.3, -0.25) is 4.79 Å². The number of fused-ring (bicyclic) bond motifs is 8. The van der Waals surface area contributed by atoms with Gasteiger partial charge in [0, 0.05) is 33.0 Å². The molecule has 1 aromatic carbocycles. The lowest BCUT2D eigenvalue weighted by Gasteiger charge is -1.92. The van der Waals surface area contributed by atoms with E-state index in [9.17, 15) is 4.79 Å². The van der Waals surface area contributed by atoms with Crippen LogP contribution in [0.2, 0.25) is 0 Å². The molecule has 0 spiro atoms. The van der Waals surface area contributed by atoms with Crippen molar-refractivity contribution in [1.82, 2.24) is 19.9 Å². The predicted octanol–water partition coefficient (Wildman–Crippen LogP) is 7.05. The Labute approximate surface area is 205 Å². The number of carbonyl (C=O) groups excluding carboxylic acids is 1. The zero-order valence-corrected chi connectivity index (χ0v) is 19.8. The summed E-state index contributed by atoms with van der Waals surface area (Å²) in [6.07, 6.45) is 8.89. The third-order valence-corrected chi connectivity index (χ3v) is 5.96. The molecule has 0 fully saturated rings. The largest absolute Gasteiger partial charge is 0.355 e. The van der Waals surface area contributed by atoms with Crippen molar-refractivity contribution in [3.63, 3.8) is 0 Å². The summed E-state index contributed by atoms with van der Waals surface area (Å²) in [5, 5.41) is 0.839. The Hall–Kier alpha value is -4.03. The van der Waals surface area contributed by atoms with E-state index in [0.717, 1.165) is 62.0 Å². The molecule has 0 saturated carbocycles. The number of aromatic nitrogens is 4. The van der Waals surface area contributed by atoms with E-state index in [1.54, 1.807) is 0 Å². The number of alkyl halides is 1. The maximum absolute atomic E-state index is 10.2. The number of hydrogen-bond donors (Lipinski definition) is 2. The van der Waals surface area contributed by atoms with Gasteiger partial charge in [-0.05, 0) is 78.4 Å². The van der Waals surface area contributed by atoms with Crippen molar-refractivity contribution < 1.29 is 4.79 Å². The molecule has 0 radical (unpaired) electrons. The number of carbonyl (C=O) groups is 1. The Bertz CT molecular complexity index is 1470. The normalized spacial score (nSPS) is 11.7. The lowest BCUT2D eigenvalue weighted by molar-refractivity contribution is 0.112. The van der Waals surface area contributed by atoms with E-state index in [2.05, 4.69) is 66.2 Å². The molecule has 34 heavy (non-hydrogen) atoms. The Morgan fingerprint density at radius 2 is 1.06 bits per heavy atom. The molecule has 2 aliphatic rings. The molecule has 6 rings (SSSR count). The van der Waals surface area contributed by atoms with E-state index in [1.165, 1.54) is 5.56 Å². The fourth-order valence-electron chi connectivity index (χ4n) is 3.63. The summed E-state index contributed by atoms with van der Waals surface area (Å²) < 4.78 is 0. The van der Waals surface area contributed by atoms with Crippen molar-refractivity contribution in [2.45, 2.75) is 5.33 Å². The number of rotatable bonds is 2. The lowest BCUT2D eigenvalue weighted by Crippen LogP contribution is -1.80. The highest BCUT2D eigenvalue weighted by Crippen LogP contribution is 2.17. The number of nitrogens with one attached hydrogen (secondary N) is 2. The smallest absolute Gasteiger partial charge is 0.150 e. The SMILES string of the molecule is C1=Cc2cc3ccc(cc4ccc(cc5nc(cc1n2)C=C5)[nH]4)[nH]3.O=Cc1ccc(CBr)cc1. The number of halogens is 1. The van der Waals surface area contributed by atoms with Crippen molar-refractivity contribution >= 4 is 68.6 Å². The predicted molar refractivity (Wildman–Crippen MR) is 143 cm³/mol. The number of H-pyrrole nitrogens is 2. The highest BCUT2D eigenvalue weighted by atomic mass is 79.9. The van der Waals surface area contributed by atoms with Gasteiger partial charge < -0.3 is 9.97 Å². The Kier molecular flexibility index (Phi) is 6.31. The molecule has 0 atom stereocenters. The van der Waals surface area contributed by atoms with Crippen LogP contribution in [0.1, 0.15) is 38.7 Å². The molecule has 4 aromatic rings. The summed E-state index contributed by atoms with van der Waals surface area (Å²) in [5.74, 6) is 0. The molecule has 2 N–H and O–H groups in total. The van der Waals surface area contributed by atoms with Crippen molar-refractivity contribution in [3.05, 3.63) is 107 Å². The fraction of sp³-hybridized carbons (Fsp3) is 0.0357. The highest BCUT2D eigenvalue weighted by Gasteiger charge is 2.02. The first-order valence-electron chi connectivity index (χ1n) is 10.8. The second-order valence-corrected chi connectivity index (χ2v) is 8.46. The molecule has 166 valence electrons. The van der Waals surface area contributed by atoms with Crippen LogP contribution in [0.25, 0.3) is 46.4 Å². The Morgan fingerprint density at radius 3 is 1.50 bits per heavy atom. The fourth-order valence-corrected chi connectivity index (χ4v) is 4.00. The highest BCUT2D eigenvalue weighted by molar-refractivity contribution is 9.08. The number of aromatic amines is 2. The second kappa shape index (κ2) is 9.85. The zero-order valence-electron chi connectivity index (χ0n) is 18.2. The standard InChI is InChI=1S/C20H14N4.C8H7BrO/c1-2-14-10-16-5-6-18(23-16)12-20-8-7-19(24-20)11-17-4-3-15(22-17)9-13(1)21-14;9-5-7-1-3-8(6-10)4-2-7/h1-12,21-22H;1-4,6H,5H2. The topological polar surface area (TPSA) is 74.4 Å². The van der Waals surface area contributed by atoms with E-state index in [-0.39, 0.29) is 0 Å². The summed E-state index contributed by atoms with van der Waals surface area (Å²) in [4.78, 5) is 26.2. The van der Waals surface area contributed by atoms with E-state index >= 15 is 0 Å². The third-order valence-electron chi connectivity index (χ3n) is 5.31. The zero-order chi connectivity index (χ0) is 23.3. The molecule has 0 unspecified atom stereocenters. The first-order chi connectivity index (χ1) is 16.7. The van der Waals surface area contributed by atoms with Crippen LogP contribution >= 0.6 is 15.9 Å². The molecule has 0 saturated heterocycles. The van der Waals surface area contributed by atoms with Crippen LogP contribution in [0.5, 0.6) is 0 Å². The van der Waals surface area contributed by atoms with E-state index in [0.29, 0.717) is 0 Å². The number of hydrogen-bond acceptors (Lipinski definition) is 3. The molecule has 0 amide bonds. The quantitative estimate of drug-likeness (QED) is 0.194. The average Bonchev–Trinajstić information content (AvgIpc) is 3.66. The summed E-state index contributed by atoms with van der Waals surface area (Å²) >= 11 is 3.32. The monoisotopic (exact) mass is 508 g/mol. The minimum Gasteiger partial charge on any atom is -0.355 e. The van der Waals surface area contributed by atoms with Crippen molar-refractivity contribution in [2.75, 3.05) is 0 Å². The summed E-state index contributed by atoms with van der Waals surface area (Å²) in [6.45, 7) is 0. The van der Waals surface area contributed by atoms with Crippen molar-refractivity contribution in [2.24, 2.45) is 0 Å². The van der Waals surface area contributed by atoms with Gasteiger partial charge in [0.15, 0.2) is 0 Å². The van der Waals surface area contributed by atoms with Crippen LogP contribution in [0.15, 0.2) is 72.8 Å². The first-order valence-corrected chi connectivity index (χ1v) is 11.9. The van der Waals surface area contributed by atoms with Crippen LogP contribution in [0.4, 0.5) is 0 Å². The maximum atomic E-state index is 10.2. The van der Waals surface area contributed by atoms with Gasteiger partial charge in [0.2, 0.25) is 0 Å². The van der Waals surface area contributed by atoms with Gasteiger partial charge >= 0.3 is 0 Å². The van der Waals surface area contributed by atoms with Gasteiger partial charge in [0.1, 0.15) is 6.29 Å². The van der Waals surface area contributed by atoms with Crippen LogP contribution in [0, 0.1) is 0 Å². The molecule has 5 nitrogen and oxygen atoms in total. The summed E-state index contributed by atoms with van der Waals surface area (Å²) in [6, 6.07) is 23.9.